The molecule has 0 spiro atoms. The maximum absolute atomic E-state index is 6.40. The summed E-state index contributed by atoms with van der Waals surface area (Å²) in [5.74, 6) is 0. The molecule has 0 amide bonds. The highest BCUT2D eigenvalue weighted by atomic mass is 32.1. The van der Waals surface area contributed by atoms with Crippen LogP contribution >= 0.6 is 22.7 Å². The summed E-state index contributed by atoms with van der Waals surface area (Å²) in [7, 11) is 0. The monoisotopic (exact) mass is 693 g/mol. The van der Waals surface area contributed by atoms with Gasteiger partial charge in [0, 0.05) is 62.2 Å². The predicted octanol–water partition coefficient (Wildman–Crippen LogP) is 12.2. The minimum atomic E-state index is -0.0737. The molecule has 0 aliphatic carbocycles. The highest BCUT2D eigenvalue weighted by Crippen LogP contribution is 2.42. The van der Waals surface area contributed by atoms with Gasteiger partial charge in [-0.15, -0.1) is 22.7 Å². The molecule has 51 heavy (non-hydrogen) atoms. The summed E-state index contributed by atoms with van der Waals surface area (Å²) < 4.78 is 11.6. The number of para-hydroxylation sites is 2. The van der Waals surface area contributed by atoms with Gasteiger partial charge in [0.1, 0.15) is 11.2 Å². The number of hydrogen-bond donors (Lipinski definition) is 3. The topological polar surface area (TPSA) is 49.2 Å². The van der Waals surface area contributed by atoms with Crippen LogP contribution < -0.4 is 16.0 Å². The Labute approximate surface area is 302 Å². The van der Waals surface area contributed by atoms with E-state index in [1.807, 2.05) is 34.8 Å². The summed E-state index contributed by atoms with van der Waals surface area (Å²) in [5.41, 5.74) is 7.87. The van der Waals surface area contributed by atoms with Crippen LogP contribution in [-0.4, -0.2) is 0 Å². The van der Waals surface area contributed by atoms with E-state index in [0.717, 1.165) is 27.5 Å². The van der Waals surface area contributed by atoms with Gasteiger partial charge in [-0.05, 0) is 47.0 Å². The van der Waals surface area contributed by atoms with Crippen LogP contribution in [0.5, 0.6) is 0 Å². The molecule has 1 fully saturated rings. The molecule has 0 radical (unpaired) electrons. The van der Waals surface area contributed by atoms with Gasteiger partial charge in [-0.25, -0.2) is 0 Å². The molecule has 6 heteroatoms. The third kappa shape index (κ3) is 4.76. The zero-order valence-corrected chi connectivity index (χ0v) is 29.0. The third-order valence-electron chi connectivity index (χ3n) is 10.4. The van der Waals surface area contributed by atoms with Gasteiger partial charge in [0.05, 0.1) is 18.5 Å². The Kier molecular flexibility index (Phi) is 6.69. The van der Waals surface area contributed by atoms with E-state index in [1.54, 1.807) is 0 Å². The lowest BCUT2D eigenvalue weighted by atomic mass is 10.00. The van der Waals surface area contributed by atoms with Crippen molar-refractivity contribution in [1.29, 1.82) is 0 Å². The molecule has 1 saturated heterocycles. The summed E-state index contributed by atoms with van der Waals surface area (Å²) in [4.78, 5) is 0. The molecule has 10 aromatic rings. The van der Waals surface area contributed by atoms with Gasteiger partial charge in [-0.3, -0.25) is 16.0 Å². The normalized spacial score (nSPS) is 18.2. The van der Waals surface area contributed by atoms with Gasteiger partial charge in [0.2, 0.25) is 0 Å². The molecular formula is C45H31N3OS2. The van der Waals surface area contributed by atoms with Gasteiger partial charge in [-0.1, -0.05) is 121 Å². The molecule has 3 aromatic heterocycles. The summed E-state index contributed by atoms with van der Waals surface area (Å²) in [6.07, 6.45) is -0.169. The fourth-order valence-electron chi connectivity index (χ4n) is 7.97. The maximum Gasteiger partial charge on any atom is 0.143 e. The van der Waals surface area contributed by atoms with E-state index in [1.165, 1.54) is 62.6 Å². The molecule has 7 aromatic carbocycles. The van der Waals surface area contributed by atoms with Crippen molar-refractivity contribution >= 4 is 85.0 Å². The number of rotatable bonds is 4. The summed E-state index contributed by atoms with van der Waals surface area (Å²) >= 11 is 3.73. The molecule has 3 unspecified atom stereocenters. The van der Waals surface area contributed by atoms with Crippen molar-refractivity contribution in [2.45, 2.75) is 18.5 Å². The first-order chi connectivity index (χ1) is 25.2. The first-order valence-corrected chi connectivity index (χ1v) is 19.0. The van der Waals surface area contributed by atoms with Crippen molar-refractivity contribution < 1.29 is 4.42 Å². The molecule has 3 atom stereocenters. The molecule has 244 valence electrons. The zero-order chi connectivity index (χ0) is 33.5. The van der Waals surface area contributed by atoms with E-state index >= 15 is 0 Å². The molecule has 0 bridgehead atoms. The first-order valence-electron chi connectivity index (χ1n) is 17.4. The van der Waals surface area contributed by atoms with Crippen LogP contribution in [0.25, 0.3) is 73.4 Å². The van der Waals surface area contributed by atoms with Gasteiger partial charge in [-0.2, -0.15) is 0 Å². The van der Waals surface area contributed by atoms with Crippen LogP contribution in [0.1, 0.15) is 35.2 Å². The molecular weight excluding hydrogens is 663 g/mol. The quantitative estimate of drug-likeness (QED) is 0.172. The minimum Gasteiger partial charge on any atom is -0.455 e. The fraction of sp³-hybridized carbons (Fsp3) is 0.0667. The van der Waals surface area contributed by atoms with Crippen LogP contribution in [0.4, 0.5) is 0 Å². The minimum absolute atomic E-state index is 0.0366. The highest BCUT2D eigenvalue weighted by Gasteiger charge is 2.31. The third-order valence-corrected chi connectivity index (χ3v) is 12.8. The predicted molar refractivity (Wildman–Crippen MR) is 215 cm³/mol. The first kappa shape index (κ1) is 29.4. The van der Waals surface area contributed by atoms with Gasteiger partial charge < -0.3 is 4.42 Å². The van der Waals surface area contributed by atoms with E-state index in [9.17, 15) is 0 Å². The Hall–Kier alpha value is -5.34. The average Bonchev–Trinajstić information content (AvgIpc) is 3.88. The molecule has 3 N–H and O–H groups in total. The van der Waals surface area contributed by atoms with E-state index in [4.69, 9.17) is 4.42 Å². The van der Waals surface area contributed by atoms with Crippen LogP contribution in [0.3, 0.4) is 0 Å². The number of fused-ring (bicyclic) bond motifs is 9. The Balaban J connectivity index is 0.995. The van der Waals surface area contributed by atoms with Crippen molar-refractivity contribution in [3.63, 3.8) is 0 Å². The van der Waals surface area contributed by atoms with Crippen molar-refractivity contribution in [1.82, 2.24) is 16.0 Å². The van der Waals surface area contributed by atoms with Crippen molar-refractivity contribution in [3.8, 4) is 11.1 Å². The summed E-state index contributed by atoms with van der Waals surface area (Å²) in [6, 6.07) is 54.7. The summed E-state index contributed by atoms with van der Waals surface area (Å²) in [6.45, 7) is 0. The Morgan fingerprint density at radius 2 is 1.14 bits per heavy atom. The smallest absolute Gasteiger partial charge is 0.143 e. The number of benzene rings is 7. The van der Waals surface area contributed by atoms with Crippen molar-refractivity contribution in [2.75, 3.05) is 0 Å². The van der Waals surface area contributed by atoms with Crippen molar-refractivity contribution in [2.24, 2.45) is 0 Å². The Morgan fingerprint density at radius 1 is 0.431 bits per heavy atom. The fourth-order valence-corrected chi connectivity index (χ4v) is 10.3. The largest absolute Gasteiger partial charge is 0.455 e. The Morgan fingerprint density at radius 3 is 2.06 bits per heavy atom. The van der Waals surface area contributed by atoms with E-state index in [2.05, 4.69) is 155 Å². The zero-order valence-electron chi connectivity index (χ0n) is 27.4. The molecule has 4 nitrogen and oxygen atoms in total. The van der Waals surface area contributed by atoms with E-state index in [-0.39, 0.29) is 18.5 Å². The SMILES string of the molecule is c1ccc(C2NC(c3ccc4sc5cc(-c6cccc7c6oc6ccccc67)ccc5c4c3)NC(c3cccc4c3sc3ccccc34)N2)cc1. The van der Waals surface area contributed by atoms with Crippen LogP contribution in [0.15, 0.2) is 156 Å². The highest BCUT2D eigenvalue weighted by molar-refractivity contribution is 7.26. The number of thiophene rings is 2. The molecule has 4 heterocycles. The van der Waals surface area contributed by atoms with Crippen LogP contribution in [0.2, 0.25) is 0 Å². The number of nitrogens with one attached hydrogen (secondary N) is 3. The van der Waals surface area contributed by atoms with Crippen LogP contribution in [0, 0.1) is 0 Å². The lowest BCUT2D eigenvalue weighted by molar-refractivity contribution is 0.204. The molecule has 1 aliphatic heterocycles. The van der Waals surface area contributed by atoms with Gasteiger partial charge >= 0.3 is 0 Å². The number of hydrogen-bond acceptors (Lipinski definition) is 6. The standard InChI is InChI=1S/C45H31N3OS2/c1-2-10-26(11-3-1)43-46-44(48-45(47-43)35-17-9-16-34-31-13-5-7-19-38(31)51-42(34)35)28-21-23-39-36(24-28)32-22-20-27(25-40(32)50-39)29-14-8-15-33-30-12-4-6-18-37(30)49-41(29)33/h1-25,43-48H. The molecule has 0 saturated carbocycles. The van der Waals surface area contributed by atoms with Gasteiger partial charge in [0.25, 0.3) is 0 Å². The number of furan rings is 1. The van der Waals surface area contributed by atoms with Crippen LogP contribution in [-0.2, 0) is 0 Å². The average molecular weight is 694 g/mol. The van der Waals surface area contributed by atoms with Crippen molar-refractivity contribution in [3.05, 3.63) is 168 Å². The second kappa shape index (κ2) is 11.6. The molecule has 11 rings (SSSR count). The second-order valence-corrected chi connectivity index (χ2v) is 15.5. The van der Waals surface area contributed by atoms with E-state index in [0.29, 0.717) is 0 Å². The summed E-state index contributed by atoms with van der Waals surface area (Å²) in [5, 5.41) is 19.3. The second-order valence-electron chi connectivity index (χ2n) is 13.4. The lowest BCUT2D eigenvalue weighted by Gasteiger charge is -2.39. The molecule has 1 aliphatic rings. The van der Waals surface area contributed by atoms with E-state index < -0.39 is 0 Å². The maximum atomic E-state index is 6.40. The van der Waals surface area contributed by atoms with Gasteiger partial charge in [0.15, 0.2) is 0 Å². The lowest BCUT2D eigenvalue weighted by Crippen LogP contribution is -2.54. The Bertz CT molecular complexity index is 2940.